The molecular weight excluding hydrogens is 224 g/mol. The predicted molar refractivity (Wildman–Crippen MR) is 67.9 cm³/mol. The third-order valence-electron chi connectivity index (χ3n) is 2.47. The second kappa shape index (κ2) is 4.38. The van der Waals surface area contributed by atoms with Crippen LogP contribution in [0.4, 0.5) is 0 Å². The van der Waals surface area contributed by atoms with Crippen LogP contribution in [0.1, 0.15) is 26.3 Å². The Balaban J connectivity index is 2.36. The summed E-state index contributed by atoms with van der Waals surface area (Å²) in [6, 6.07) is 12.5. The van der Waals surface area contributed by atoms with Gasteiger partial charge in [0.1, 0.15) is 0 Å². The summed E-state index contributed by atoms with van der Waals surface area (Å²) in [5.41, 5.74) is 2.46. The summed E-state index contributed by atoms with van der Waals surface area (Å²) in [6.07, 6.45) is 0. The van der Waals surface area contributed by atoms with Crippen molar-refractivity contribution in [2.24, 2.45) is 0 Å². The number of thiophene rings is 1. The Bertz CT molecular complexity index is 459. The fraction of sp³-hybridized carbons (Fsp3) is 0.231. The van der Waals surface area contributed by atoms with E-state index in [0.29, 0.717) is 0 Å². The SMILES string of the molecule is Cc1ccc(C(Cl)c2ccccc2C)s1. The normalized spacial score (nSPS) is 12.7. The summed E-state index contributed by atoms with van der Waals surface area (Å²) in [6.45, 7) is 4.21. The highest BCUT2D eigenvalue weighted by molar-refractivity contribution is 7.12. The molecule has 0 nitrogen and oxygen atoms in total. The minimum absolute atomic E-state index is 0.00935. The van der Waals surface area contributed by atoms with Crippen LogP contribution in [0.5, 0.6) is 0 Å². The van der Waals surface area contributed by atoms with Crippen molar-refractivity contribution in [1.82, 2.24) is 0 Å². The van der Waals surface area contributed by atoms with Gasteiger partial charge in [-0.25, -0.2) is 0 Å². The van der Waals surface area contributed by atoms with Gasteiger partial charge in [-0.05, 0) is 37.1 Å². The van der Waals surface area contributed by atoms with E-state index in [0.717, 1.165) is 0 Å². The fourth-order valence-electron chi connectivity index (χ4n) is 1.61. The highest BCUT2D eigenvalue weighted by atomic mass is 35.5. The van der Waals surface area contributed by atoms with E-state index in [1.54, 1.807) is 11.3 Å². The molecule has 0 aliphatic heterocycles. The maximum atomic E-state index is 6.46. The summed E-state index contributed by atoms with van der Waals surface area (Å²) in [5.74, 6) is 0. The molecule has 0 aliphatic carbocycles. The van der Waals surface area contributed by atoms with Crippen molar-refractivity contribution >= 4 is 22.9 Å². The van der Waals surface area contributed by atoms with Crippen LogP contribution in [-0.4, -0.2) is 0 Å². The first kappa shape index (κ1) is 10.7. The van der Waals surface area contributed by atoms with Crippen LogP contribution < -0.4 is 0 Å². The largest absolute Gasteiger partial charge is 0.144 e. The van der Waals surface area contributed by atoms with E-state index in [4.69, 9.17) is 11.6 Å². The van der Waals surface area contributed by atoms with E-state index in [1.165, 1.54) is 20.9 Å². The lowest BCUT2D eigenvalue weighted by molar-refractivity contribution is 1.15. The number of benzene rings is 1. The first-order valence-corrected chi connectivity index (χ1v) is 6.19. The molecule has 0 saturated carbocycles. The molecule has 2 aromatic rings. The minimum Gasteiger partial charge on any atom is -0.144 e. The van der Waals surface area contributed by atoms with Crippen LogP contribution >= 0.6 is 22.9 Å². The second-order valence-electron chi connectivity index (χ2n) is 3.67. The Morgan fingerprint density at radius 2 is 1.80 bits per heavy atom. The summed E-state index contributed by atoms with van der Waals surface area (Å²) < 4.78 is 0. The standard InChI is InChI=1S/C13H13ClS/c1-9-5-3-4-6-11(9)13(14)12-8-7-10(2)15-12/h3-8,13H,1-2H3. The Morgan fingerprint density at radius 3 is 2.40 bits per heavy atom. The van der Waals surface area contributed by atoms with Crippen molar-refractivity contribution in [1.29, 1.82) is 0 Å². The molecule has 2 rings (SSSR count). The van der Waals surface area contributed by atoms with E-state index in [9.17, 15) is 0 Å². The van der Waals surface area contributed by atoms with E-state index in [-0.39, 0.29) is 5.38 Å². The summed E-state index contributed by atoms with van der Waals surface area (Å²) in [7, 11) is 0. The molecule has 0 fully saturated rings. The van der Waals surface area contributed by atoms with Crippen molar-refractivity contribution < 1.29 is 0 Å². The average Bonchev–Trinajstić information content (AvgIpc) is 2.65. The zero-order valence-electron chi connectivity index (χ0n) is 8.83. The lowest BCUT2D eigenvalue weighted by atomic mass is 10.0. The van der Waals surface area contributed by atoms with Crippen molar-refractivity contribution in [3.05, 3.63) is 57.3 Å². The van der Waals surface area contributed by atoms with Gasteiger partial charge in [-0.2, -0.15) is 0 Å². The third kappa shape index (κ3) is 2.24. The Hall–Kier alpha value is -0.790. The monoisotopic (exact) mass is 236 g/mol. The van der Waals surface area contributed by atoms with Gasteiger partial charge < -0.3 is 0 Å². The van der Waals surface area contributed by atoms with Gasteiger partial charge in [0, 0.05) is 9.75 Å². The van der Waals surface area contributed by atoms with Crippen LogP contribution in [0.2, 0.25) is 0 Å². The van der Waals surface area contributed by atoms with Crippen LogP contribution in [0, 0.1) is 13.8 Å². The maximum absolute atomic E-state index is 6.46. The number of rotatable bonds is 2. The van der Waals surface area contributed by atoms with E-state index in [2.05, 4.69) is 38.1 Å². The summed E-state index contributed by atoms with van der Waals surface area (Å²) in [4.78, 5) is 2.53. The van der Waals surface area contributed by atoms with Crippen LogP contribution in [0.15, 0.2) is 36.4 Å². The molecule has 0 bridgehead atoms. The van der Waals surface area contributed by atoms with Crippen molar-refractivity contribution in [3.63, 3.8) is 0 Å². The highest BCUT2D eigenvalue weighted by Crippen LogP contribution is 2.34. The fourth-order valence-corrected chi connectivity index (χ4v) is 2.94. The summed E-state index contributed by atoms with van der Waals surface area (Å²) in [5, 5.41) is -0.00935. The molecular formula is C13H13ClS. The molecule has 0 amide bonds. The van der Waals surface area contributed by atoms with Gasteiger partial charge in [-0.1, -0.05) is 24.3 Å². The molecule has 15 heavy (non-hydrogen) atoms. The Kier molecular flexibility index (Phi) is 3.13. The smallest absolute Gasteiger partial charge is 0.0930 e. The van der Waals surface area contributed by atoms with E-state index in [1.807, 2.05) is 12.1 Å². The van der Waals surface area contributed by atoms with Crippen molar-refractivity contribution in [3.8, 4) is 0 Å². The van der Waals surface area contributed by atoms with Crippen molar-refractivity contribution in [2.45, 2.75) is 19.2 Å². The molecule has 1 heterocycles. The minimum atomic E-state index is -0.00935. The number of halogens is 1. The maximum Gasteiger partial charge on any atom is 0.0930 e. The van der Waals surface area contributed by atoms with Gasteiger partial charge in [0.25, 0.3) is 0 Å². The first-order valence-electron chi connectivity index (χ1n) is 4.94. The predicted octanol–water partition coefficient (Wildman–Crippen LogP) is 4.69. The van der Waals surface area contributed by atoms with E-state index < -0.39 is 0 Å². The van der Waals surface area contributed by atoms with Crippen LogP contribution in [0.25, 0.3) is 0 Å². The van der Waals surface area contributed by atoms with E-state index >= 15 is 0 Å². The number of hydrogen-bond donors (Lipinski definition) is 0. The molecule has 0 radical (unpaired) electrons. The Morgan fingerprint density at radius 1 is 1.07 bits per heavy atom. The van der Waals surface area contributed by atoms with Gasteiger partial charge in [0.05, 0.1) is 5.38 Å². The number of alkyl halides is 1. The molecule has 1 aromatic heterocycles. The van der Waals surface area contributed by atoms with Gasteiger partial charge in [0.15, 0.2) is 0 Å². The average molecular weight is 237 g/mol. The van der Waals surface area contributed by atoms with Crippen molar-refractivity contribution in [2.75, 3.05) is 0 Å². The number of hydrogen-bond acceptors (Lipinski definition) is 1. The molecule has 0 aliphatic rings. The second-order valence-corrected chi connectivity index (χ2v) is 5.42. The molecule has 0 N–H and O–H groups in total. The summed E-state index contributed by atoms with van der Waals surface area (Å²) >= 11 is 8.23. The topological polar surface area (TPSA) is 0 Å². The molecule has 1 unspecified atom stereocenters. The highest BCUT2D eigenvalue weighted by Gasteiger charge is 2.13. The molecule has 1 aromatic carbocycles. The third-order valence-corrected chi connectivity index (χ3v) is 4.14. The first-order chi connectivity index (χ1) is 7.18. The van der Waals surface area contributed by atoms with Gasteiger partial charge in [-0.15, -0.1) is 22.9 Å². The molecule has 1 atom stereocenters. The van der Waals surface area contributed by atoms with Crippen LogP contribution in [-0.2, 0) is 0 Å². The zero-order valence-corrected chi connectivity index (χ0v) is 10.4. The van der Waals surface area contributed by atoms with Gasteiger partial charge >= 0.3 is 0 Å². The van der Waals surface area contributed by atoms with Gasteiger partial charge in [-0.3, -0.25) is 0 Å². The lowest BCUT2D eigenvalue weighted by Gasteiger charge is -2.10. The number of aryl methyl sites for hydroxylation is 2. The lowest BCUT2D eigenvalue weighted by Crippen LogP contribution is -1.92. The molecule has 0 spiro atoms. The quantitative estimate of drug-likeness (QED) is 0.664. The van der Waals surface area contributed by atoms with Gasteiger partial charge in [0.2, 0.25) is 0 Å². The molecule has 2 heteroatoms. The molecule has 0 saturated heterocycles. The molecule has 78 valence electrons. The zero-order chi connectivity index (χ0) is 10.8. The van der Waals surface area contributed by atoms with Crippen LogP contribution in [0.3, 0.4) is 0 Å². The Labute approximate surface area is 99.5 Å².